The second-order valence-corrected chi connectivity index (χ2v) is 7.56. The number of nitrogens with zero attached hydrogens (tertiary/aromatic N) is 3. The van der Waals surface area contributed by atoms with E-state index in [1.165, 1.54) is 0 Å². The zero-order valence-electron chi connectivity index (χ0n) is 16.5. The highest BCUT2D eigenvalue weighted by Crippen LogP contribution is 2.37. The minimum absolute atomic E-state index is 0.0134. The van der Waals surface area contributed by atoms with E-state index in [-0.39, 0.29) is 24.9 Å². The molecule has 9 heteroatoms. The summed E-state index contributed by atoms with van der Waals surface area (Å²) < 4.78 is 46.0. The fourth-order valence-electron chi connectivity index (χ4n) is 3.73. The van der Waals surface area contributed by atoms with Crippen LogP contribution < -0.4 is 4.74 Å². The van der Waals surface area contributed by atoms with Gasteiger partial charge in [0, 0.05) is 30.9 Å². The molecule has 1 fully saturated rings. The first kappa shape index (κ1) is 21.2. The van der Waals surface area contributed by atoms with Gasteiger partial charge in [0.2, 0.25) is 5.60 Å². The second-order valence-electron chi connectivity index (χ2n) is 7.56. The maximum absolute atomic E-state index is 13.0. The number of carbonyl (C=O) groups excluding carboxylic acids is 1. The highest BCUT2D eigenvalue weighted by molar-refractivity contribution is 5.85. The van der Waals surface area contributed by atoms with Crippen LogP contribution in [0.4, 0.5) is 13.2 Å². The van der Waals surface area contributed by atoms with Crippen LogP contribution in [0.25, 0.3) is 5.69 Å². The first-order valence-electron chi connectivity index (χ1n) is 9.33. The summed E-state index contributed by atoms with van der Waals surface area (Å²) in [6.45, 7) is 2.65. The molecule has 1 aromatic carbocycles. The molecule has 6 nitrogen and oxygen atoms in total. The molecule has 1 aromatic heterocycles. The Bertz CT molecular complexity index is 862. The van der Waals surface area contributed by atoms with Gasteiger partial charge in [-0.1, -0.05) is 6.92 Å². The van der Waals surface area contributed by atoms with Gasteiger partial charge in [0.25, 0.3) is 5.91 Å². The lowest BCUT2D eigenvalue weighted by molar-refractivity contribution is -0.250. The fourth-order valence-corrected chi connectivity index (χ4v) is 3.73. The van der Waals surface area contributed by atoms with Crippen LogP contribution in [0, 0.1) is 5.92 Å². The van der Waals surface area contributed by atoms with Gasteiger partial charge < -0.3 is 14.7 Å². The molecule has 1 aliphatic rings. The Kier molecular flexibility index (Phi) is 5.62. The third-order valence-electron chi connectivity index (χ3n) is 5.53. The summed E-state index contributed by atoms with van der Waals surface area (Å²) >= 11 is 0. The molecule has 29 heavy (non-hydrogen) atoms. The number of alkyl halides is 3. The van der Waals surface area contributed by atoms with E-state index in [4.69, 9.17) is 4.74 Å². The topological polar surface area (TPSA) is 67.6 Å². The fraction of sp³-hybridized carbons (Fsp3) is 0.500. The summed E-state index contributed by atoms with van der Waals surface area (Å²) in [6, 6.07) is 9.28. The van der Waals surface area contributed by atoms with Gasteiger partial charge in [-0.15, -0.1) is 0 Å². The maximum atomic E-state index is 13.0. The molecule has 3 atom stereocenters. The van der Waals surface area contributed by atoms with E-state index in [0.717, 1.165) is 22.0 Å². The van der Waals surface area contributed by atoms with Crippen molar-refractivity contribution < 1.29 is 27.8 Å². The summed E-state index contributed by atoms with van der Waals surface area (Å²) in [5.74, 6) is -0.678. The lowest BCUT2D eigenvalue weighted by atomic mass is 9.83. The van der Waals surface area contributed by atoms with Crippen molar-refractivity contribution in [2.24, 2.45) is 5.92 Å². The van der Waals surface area contributed by atoms with Crippen molar-refractivity contribution in [3.05, 3.63) is 42.2 Å². The monoisotopic (exact) mass is 411 g/mol. The number of ether oxygens (including phenoxy) is 1. The average molecular weight is 411 g/mol. The van der Waals surface area contributed by atoms with E-state index < -0.39 is 17.7 Å². The first-order valence-corrected chi connectivity index (χ1v) is 9.33. The van der Waals surface area contributed by atoms with Crippen molar-refractivity contribution in [1.82, 2.24) is 14.7 Å². The predicted molar refractivity (Wildman–Crippen MR) is 99.9 cm³/mol. The molecule has 1 N–H and O–H groups in total. The number of likely N-dealkylation sites (tertiary alicyclic amines) is 1. The number of methoxy groups -OCH3 is 1. The van der Waals surface area contributed by atoms with Crippen LogP contribution in [0.5, 0.6) is 5.75 Å². The highest BCUT2D eigenvalue weighted by atomic mass is 19.4. The molecule has 2 heterocycles. The van der Waals surface area contributed by atoms with E-state index in [9.17, 15) is 23.1 Å². The lowest BCUT2D eigenvalue weighted by Gasteiger charge is -2.40. The van der Waals surface area contributed by atoms with Gasteiger partial charge >= 0.3 is 6.18 Å². The van der Waals surface area contributed by atoms with Crippen LogP contribution in [-0.2, 0) is 4.79 Å². The summed E-state index contributed by atoms with van der Waals surface area (Å²) in [7, 11) is 1.58. The van der Waals surface area contributed by atoms with Crippen LogP contribution >= 0.6 is 0 Å². The normalized spacial score (nSPS) is 22.2. The van der Waals surface area contributed by atoms with Gasteiger partial charge in [0.1, 0.15) is 5.75 Å². The minimum Gasteiger partial charge on any atom is -0.497 e. The van der Waals surface area contributed by atoms with Gasteiger partial charge in [-0.25, -0.2) is 4.68 Å². The SMILES string of the molecule is COc1ccc(-n2nccc2[C@H]2CCN(C(=O)[C@@](C)(O)C(F)(F)F)C[C@H]2C)cc1. The number of hydrogen-bond acceptors (Lipinski definition) is 4. The van der Waals surface area contributed by atoms with Crippen LogP contribution in [0.2, 0.25) is 0 Å². The largest absolute Gasteiger partial charge is 0.497 e. The molecule has 1 amide bonds. The van der Waals surface area contributed by atoms with Crippen molar-refractivity contribution in [2.75, 3.05) is 20.2 Å². The molecule has 1 aliphatic heterocycles. The Morgan fingerprint density at radius 1 is 1.24 bits per heavy atom. The van der Waals surface area contributed by atoms with Crippen molar-refractivity contribution >= 4 is 5.91 Å². The average Bonchev–Trinajstić information content (AvgIpc) is 3.16. The smallest absolute Gasteiger partial charge is 0.426 e. The molecule has 0 saturated carbocycles. The molecular formula is C20H24F3N3O3. The van der Waals surface area contributed by atoms with Crippen molar-refractivity contribution in [1.29, 1.82) is 0 Å². The van der Waals surface area contributed by atoms with Gasteiger partial charge in [-0.2, -0.15) is 18.3 Å². The van der Waals surface area contributed by atoms with Crippen molar-refractivity contribution in [2.45, 2.75) is 38.0 Å². The van der Waals surface area contributed by atoms with Crippen LogP contribution in [0.3, 0.4) is 0 Å². The third kappa shape index (κ3) is 3.96. The first-order chi connectivity index (χ1) is 13.6. The van der Waals surface area contributed by atoms with Crippen molar-refractivity contribution in [3.63, 3.8) is 0 Å². The molecule has 2 aromatic rings. The Morgan fingerprint density at radius 3 is 2.45 bits per heavy atom. The molecule has 0 radical (unpaired) electrons. The van der Waals surface area contributed by atoms with Crippen molar-refractivity contribution in [3.8, 4) is 11.4 Å². The number of hydrogen-bond donors (Lipinski definition) is 1. The van der Waals surface area contributed by atoms with E-state index in [1.54, 1.807) is 18.0 Å². The molecule has 0 bridgehead atoms. The van der Waals surface area contributed by atoms with E-state index >= 15 is 0 Å². The highest BCUT2D eigenvalue weighted by Gasteiger charge is 2.57. The van der Waals surface area contributed by atoms with E-state index in [1.807, 2.05) is 37.3 Å². The summed E-state index contributed by atoms with van der Waals surface area (Å²) in [6.07, 6.45) is -2.86. The van der Waals surface area contributed by atoms with Gasteiger partial charge in [0.05, 0.1) is 12.8 Å². The Hall–Kier alpha value is -2.55. The molecule has 1 saturated heterocycles. The standard InChI is InChI=1S/C20H24F3N3O3/c1-13-12-25(18(27)19(2,28)20(21,22)23)11-9-16(13)17-8-10-24-26(17)14-4-6-15(29-3)7-5-14/h4-8,10,13,16,28H,9,11-12H2,1-3H3/t13-,16+,19-/m1/s1. The zero-order chi connectivity index (χ0) is 21.4. The Morgan fingerprint density at radius 2 is 1.90 bits per heavy atom. The number of aromatic nitrogens is 2. The summed E-state index contributed by atoms with van der Waals surface area (Å²) in [5.41, 5.74) is -1.61. The van der Waals surface area contributed by atoms with E-state index in [2.05, 4.69) is 5.10 Å². The minimum atomic E-state index is -5.02. The van der Waals surface area contributed by atoms with E-state index in [0.29, 0.717) is 13.3 Å². The Balaban J connectivity index is 1.77. The molecule has 158 valence electrons. The third-order valence-corrected chi connectivity index (χ3v) is 5.53. The number of aliphatic hydroxyl groups is 1. The number of piperidine rings is 1. The number of carbonyl (C=O) groups is 1. The molecule has 3 rings (SSSR count). The van der Waals surface area contributed by atoms with Crippen LogP contribution in [-0.4, -0.2) is 57.7 Å². The Labute approximate surface area is 166 Å². The number of rotatable bonds is 4. The second kappa shape index (κ2) is 7.70. The quantitative estimate of drug-likeness (QED) is 0.840. The van der Waals surface area contributed by atoms with Crippen LogP contribution in [0.15, 0.2) is 36.5 Å². The number of halogens is 3. The molecular weight excluding hydrogens is 387 g/mol. The molecule has 0 aliphatic carbocycles. The van der Waals surface area contributed by atoms with Gasteiger partial charge in [-0.05, 0) is 49.6 Å². The van der Waals surface area contributed by atoms with Gasteiger partial charge in [0.15, 0.2) is 0 Å². The number of amides is 1. The van der Waals surface area contributed by atoms with Crippen LogP contribution in [0.1, 0.15) is 31.9 Å². The molecule has 0 unspecified atom stereocenters. The van der Waals surface area contributed by atoms with Gasteiger partial charge in [-0.3, -0.25) is 4.79 Å². The predicted octanol–water partition coefficient (Wildman–Crippen LogP) is 3.15. The maximum Gasteiger partial charge on any atom is 0.426 e. The molecule has 0 spiro atoms. The lowest BCUT2D eigenvalue weighted by Crippen LogP contribution is -2.58. The summed E-state index contributed by atoms with van der Waals surface area (Å²) in [5, 5.41) is 14.1. The zero-order valence-corrected chi connectivity index (χ0v) is 16.5. The summed E-state index contributed by atoms with van der Waals surface area (Å²) in [4.78, 5) is 13.4. The number of benzene rings is 1.